The first kappa shape index (κ1) is 21.0. The molecule has 10 heteroatoms. The number of halogens is 2. The number of rotatable bonds is 4. The highest BCUT2D eigenvalue weighted by Crippen LogP contribution is 2.17. The van der Waals surface area contributed by atoms with E-state index in [-0.39, 0.29) is 30.6 Å². The van der Waals surface area contributed by atoms with Crippen molar-refractivity contribution in [3.8, 4) is 0 Å². The van der Waals surface area contributed by atoms with E-state index in [1.54, 1.807) is 20.8 Å². The Bertz CT molecular complexity index is 862. The molecule has 2 amide bonds. The summed E-state index contributed by atoms with van der Waals surface area (Å²) in [7, 11) is 0. The Morgan fingerprint density at radius 1 is 1.28 bits per heavy atom. The molecule has 29 heavy (non-hydrogen) atoms. The zero-order valence-corrected chi connectivity index (χ0v) is 16.5. The van der Waals surface area contributed by atoms with Crippen LogP contribution in [0.1, 0.15) is 39.4 Å². The Kier molecular flexibility index (Phi) is 6.02. The largest absolute Gasteiger partial charge is 0.444 e. The number of carbonyl (C=O) groups is 2. The van der Waals surface area contributed by atoms with Gasteiger partial charge in [0.05, 0.1) is 30.2 Å². The monoisotopic (exact) mass is 410 g/mol. The van der Waals surface area contributed by atoms with Gasteiger partial charge in [-0.25, -0.2) is 18.6 Å². The third-order valence-corrected chi connectivity index (χ3v) is 4.29. The number of nitrogens with zero attached hydrogens (tertiary/aromatic N) is 1. The van der Waals surface area contributed by atoms with Crippen molar-refractivity contribution in [2.45, 2.75) is 57.9 Å². The Hall–Kier alpha value is -2.75. The van der Waals surface area contributed by atoms with Crippen LogP contribution >= 0.6 is 0 Å². The molecule has 1 aliphatic rings. The van der Waals surface area contributed by atoms with Crippen molar-refractivity contribution < 1.29 is 27.8 Å². The van der Waals surface area contributed by atoms with Crippen molar-refractivity contribution >= 4 is 23.0 Å². The number of fused-ring (bicyclic) bond motifs is 1. The first-order valence-electron chi connectivity index (χ1n) is 9.33. The van der Waals surface area contributed by atoms with Crippen molar-refractivity contribution in [1.29, 1.82) is 0 Å². The Labute approximate surface area is 166 Å². The van der Waals surface area contributed by atoms with Gasteiger partial charge in [-0.15, -0.1) is 0 Å². The molecular formula is C19H24F2N4O4. The lowest BCUT2D eigenvalue weighted by molar-refractivity contribution is -0.136. The smallest absolute Gasteiger partial charge is 0.407 e. The van der Waals surface area contributed by atoms with Crippen molar-refractivity contribution in [2.75, 3.05) is 6.61 Å². The molecule has 0 spiro atoms. The maximum absolute atomic E-state index is 13.3. The second kappa shape index (κ2) is 8.32. The molecule has 0 aliphatic carbocycles. The number of carbonyl (C=O) groups excluding carboxylic acids is 2. The van der Waals surface area contributed by atoms with Crippen molar-refractivity contribution in [3.63, 3.8) is 0 Å². The number of imidazole rings is 1. The molecular weight excluding hydrogens is 386 g/mol. The molecule has 0 unspecified atom stereocenters. The summed E-state index contributed by atoms with van der Waals surface area (Å²) in [6.45, 7) is 5.59. The Morgan fingerprint density at radius 3 is 2.66 bits per heavy atom. The normalized spacial score (nSPS) is 19.8. The van der Waals surface area contributed by atoms with Gasteiger partial charge in [-0.3, -0.25) is 4.79 Å². The molecule has 8 nitrogen and oxygen atoms in total. The third kappa shape index (κ3) is 5.63. The predicted octanol–water partition coefficient (Wildman–Crippen LogP) is 2.53. The van der Waals surface area contributed by atoms with Gasteiger partial charge in [0.2, 0.25) is 5.91 Å². The van der Waals surface area contributed by atoms with Crippen molar-refractivity contribution in [2.24, 2.45) is 0 Å². The fourth-order valence-electron chi connectivity index (χ4n) is 2.97. The van der Waals surface area contributed by atoms with E-state index < -0.39 is 29.4 Å². The summed E-state index contributed by atoms with van der Waals surface area (Å²) >= 11 is 0. The highest BCUT2D eigenvalue weighted by atomic mass is 19.2. The van der Waals surface area contributed by atoms with Crippen LogP contribution in [-0.2, 0) is 20.8 Å². The highest BCUT2D eigenvalue weighted by molar-refractivity contribution is 5.81. The molecule has 2 atom stereocenters. The number of amides is 2. The van der Waals surface area contributed by atoms with Crippen molar-refractivity contribution in [3.05, 3.63) is 29.6 Å². The molecule has 3 rings (SSSR count). The zero-order chi connectivity index (χ0) is 21.2. The third-order valence-electron chi connectivity index (χ3n) is 4.29. The number of benzene rings is 1. The summed E-state index contributed by atoms with van der Waals surface area (Å²) in [5.41, 5.74) is 0.0344. The molecule has 0 radical (unpaired) electrons. The van der Waals surface area contributed by atoms with Crippen LogP contribution in [0.25, 0.3) is 11.0 Å². The van der Waals surface area contributed by atoms with Crippen LogP contribution in [-0.4, -0.2) is 46.3 Å². The quantitative estimate of drug-likeness (QED) is 0.718. The predicted molar refractivity (Wildman–Crippen MR) is 100.0 cm³/mol. The van der Waals surface area contributed by atoms with Crippen LogP contribution in [0.3, 0.4) is 0 Å². The minimum Gasteiger partial charge on any atom is -0.444 e. The summed E-state index contributed by atoms with van der Waals surface area (Å²) in [6.07, 6.45) is -0.165. The molecule has 2 heterocycles. The number of hydrogen-bond donors (Lipinski definition) is 3. The van der Waals surface area contributed by atoms with E-state index in [1.807, 2.05) is 0 Å². The standard InChI is InChI=1S/C19H24F2N4O4/c1-19(2,3)29-18(27)23-10-4-5-15(28-9-10)17(26)22-8-16-24-13-6-11(20)12(21)7-14(13)25-16/h6-7,10,15H,4-5,8-9H2,1-3H3,(H,22,26)(H,23,27)(H,24,25)/t10-,15+/m1/s1. The van der Waals surface area contributed by atoms with Gasteiger partial charge >= 0.3 is 6.09 Å². The fraction of sp³-hybridized carbons (Fsp3) is 0.526. The number of alkyl carbamates (subject to hydrolysis) is 1. The van der Waals surface area contributed by atoms with E-state index in [9.17, 15) is 18.4 Å². The summed E-state index contributed by atoms with van der Waals surface area (Å²) in [6, 6.07) is 1.79. The zero-order valence-electron chi connectivity index (χ0n) is 16.5. The van der Waals surface area contributed by atoms with Gasteiger partial charge in [0.1, 0.15) is 17.5 Å². The number of ether oxygens (including phenoxy) is 2. The van der Waals surface area contributed by atoms with Crippen LogP contribution in [0.5, 0.6) is 0 Å². The summed E-state index contributed by atoms with van der Waals surface area (Å²) in [4.78, 5) is 31.1. The molecule has 3 N–H and O–H groups in total. The number of hydrogen-bond acceptors (Lipinski definition) is 5. The van der Waals surface area contributed by atoms with Crippen LogP contribution < -0.4 is 10.6 Å². The topological polar surface area (TPSA) is 105 Å². The first-order chi connectivity index (χ1) is 13.6. The van der Waals surface area contributed by atoms with Gasteiger partial charge in [0, 0.05) is 12.1 Å². The van der Waals surface area contributed by atoms with Crippen LogP contribution in [0.15, 0.2) is 12.1 Å². The number of H-pyrrole nitrogens is 1. The van der Waals surface area contributed by atoms with E-state index in [0.29, 0.717) is 24.2 Å². The molecule has 1 aromatic carbocycles. The van der Waals surface area contributed by atoms with Gasteiger partial charge < -0.3 is 25.1 Å². The second-order valence-electron chi connectivity index (χ2n) is 7.93. The molecule has 0 bridgehead atoms. The van der Waals surface area contributed by atoms with Crippen LogP contribution in [0.4, 0.5) is 13.6 Å². The van der Waals surface area contributed by atoms with Crippen LogP contribution in [0.2, 0.25) is 0 Å². The molecule has 0 saturated carbocycles. The summed E-state index contributed by atoms with van der Waals surface area (Å²) in [5, 5.41) is 5.41. The second-order valence-corrected chi connectivity index (χ2v) is 7.93. The summed E-state index contributed by atoms with van der Waals surface area (Å²) < 4.78 is 37.3. The molecule has 1 fully saturated rings. The van der Waals surface area contributed by atoms with Gasteiger partial charge in [-0.1, -0.05) is 0 Å². The molecule has 1 aliphatic heterocycles. The van der Waals surface area contributed by atoms with E-state index in [0.717, 1.165) is 12.1 Å². The van der Waals surface area contributed by atoms with E-state index in [2.05, 4.69) is 20.6 Å². The minimum atomic E-state index is -0.982. The maximum Gasteiger partial charge on any atom is 0.407 e. The average Bonchev–Trinajstić information content (AvgIpc) is 3.00. The first-order valence-corrected chi connectivity index (χ1v) is 9.33. The van der Waals surface area contributed by atoms with Gasteiger partial charge in [-0.2, -0.15) is 0 Å². The summed E-state index contributed by atoms with van der Waals surface area (Å²) in [5.74, 6) is -1.90. The lowest BCUT2D eigenvalue weighted by Crippen LogP contribution is -2.48. The Balaban J connectivity index is 1.46. The molecule has 2 aromatic rings. The van der Waals surface area contributed by atoms with Gasteiger partial charge in [0.15, 0.2) is 11.6 Å². The van der Waals surface area contributed by atoms with E-state index >= 15 is 0 Å². The molecule has 1 saturated heterocycles. The highest BCUT2D eigenvalue weighted by Gasteiger charge is 2.29. The average molecular weight is 410 g/mol. The molecule has 158 valence electrons. The van der Waals surface area contributed by atoms with Gasteiger partial charge in [-0.05, 0) is 33.6 Å². The number of nitrogens with one attached hydrogen (secondary N) is 3. The maximum atomic E-state index is 13.3. The SMILES string of the molecule is CC(C)(C)OC(=O)N[C@@H]1CC[C@@H](C(=O)NCc2nc3cc(F)c(F)cc3[nH]2)OC1. The van der Waals surface area contributed by atoms with E-state index in [4.69, 9.17) is 9.47 Å². The van der Waals surface area contributed by atoms with E-state index in [1.165, 1.54) is 0 Å². The fourth-order valence-corrected chi connectivity index (χ4v) is 2.97. The number of aromatic nitrogens is 2. The van der Waals surface area contributed by atoms with Crippen LogP contribution in [0, 0.1) is 11.6 Å². The van der Waals surface area contributed by atoms with Crippen molar-refractivity contribution in [1.82, 2.24) is 20.6 Å². The Morgan fingerprint density at radius 2 is 2.00 bits per heavy atom. The minimum absolute atomic E-state index is 0.0657. The number of aromatic amines is 1. The lowest BCUT2D eigenvalue weighted by atomic mass is 10.0. The van der Waals surface area contributed by atoms with Gasteiger partial charge in [0.25, 0.3) is 0 Å². The lowest BCUT2D eigenvalue weighted by Gasteiger charge is -2.29. The molecule has 1 aromatic heterocycles.